The van der Waals surface area contributed by atoms with E-state index in [4.69, 9.17) is 10.8 Å². The summed E-state index contributed by atoms with van der Waals surface area (Å²) in [5.74, 6) is -2.09. The summed E-state index contributed by atoms with van der Waals surface area (Å²) >= 11 is 0. The molecule has 1 aliphatic carbocycles. The van der Waals surface area contributed by atoms with Crippen LogP contribution in [-0.2, 0) is 15.0 Å². The van der Waals surface area contributed by atoms with Crippen LogP contribution in [0.5, 0.6) is 0 Å². The van der Waals surface area contributed by atoms with E-state index in [2.05, 4.69) is 0 Å². The molecule has 0 aromatic heterocycles. The van der Waals surface area contributed by atoms with Crippen LogP contribution in [0.3, 0.4) is 0 Å². The van der Waals surface area contributed by atoms with Crippen LogP contribution in [0, 0.1) is 5.92 Å². The molecule has 0 heterocycles. The zero-order chi connectivity index (χ0) is 11.1. The maximum Gasteiger partial charge on any atom is 0.314 e. The first-order chi connectivity index (χ1) is 7.09. The van der Waals surface area contributed by atoms with Crippen molar-refractivity contribution >= 4 is 11.9 Å². The predicted molar refractivity (Wildman–Crippen MR) is 53.1 cm³/mol. The second-order valence-corrected chi connectivity index (χ2v) is 3.80. The van der Waals surface area contributed by atoms with E-state index in [0.717, 1.165) is 0 Å². The molecular formula is C11H11NO3. The van der Waals surface area contributed by atoms with Gasteiger partial charge in [0.05, 0.1) is 5.92 Å². The van der Waals surface area contributed by atoms with E-state index in [1.54, 1.807) is 30.3 Å². The molecule has 0 radical (unpaired) electrons. The summed E-state index contributed by atoms with van der Waals surface area (Å²) in [6.45, 7) is 0. The molecule has 3 N–H and O–H groups in total. The van der Waals surface area contributed by atoms with Crippen molar-refractivity contribution in [1.29, 1.82) is 0 Å². The number of aliphatic carboxylic acids is 1. The maximum atomic E-state index is 11.2. The minimum absolute atomic E-state index is 0.307. The van der Waals surface area contributed by atoms with E-state index in [1.807, 2.05) is 0 Å². The van der Waals surface area contributed by atoms with E-state index < -0.39 is 23.2 Å². The average Bonchev–Trinajstić information content (AvgIpc) is 2.95. The highest BCUT2D eigenvalue weighted by Crippen LogP contribution is 2.54. The molecule has 0 bridgehead atoms. The molecule has 1 fully saturated rings. The second kappa shape index (κ2) is 3.08. The highest BCUT2D eigenvalue weighted by Gasteiger charge is 2.64. The highest BCUT2D eigenvalue weighted by atomic mass is 16.4. The van der Waals surface area contributed by atoms with E-state index >= 15 is 0 Å². The minimum Gasteiger partial charge on any atom is -0.481 e. The van der Waals surface area contributed by atoms with Crippen molar-refractivity contribution in [3.05, 3.63) is 35.9 Å². The number of rotatable bonds is 3. The van der Waals surface area contributed by atoms with Crippen molar-refractivity contribution in [2.24, 2.45) is 11.7 Å². The van der Waals surface area contributed by atoms with Crippen LogP contribution in [0.25, 0.3) is 0 Å². The normalized spacial score (nSPS) is 28.4. The molecule has 1 aliphatic rings. The first-order valence-corrected chi connectivity index (χ1v) is 4.67. The zero-order valence-corrected chi connectivity index (χ0v) is 8.01. The molecule has 1 amide bonds. The van der Waals surface area contributed by atoms with Gasteiger partial charge in [-0.1, -0.05) is 30.3 Å². The smallest absolute Gasteiger partial charge is 0.314 e. The number of amides is 1. The molecular weight excluding hydrogens is 194 g/mol. The number of hydrogen-bond donors (Lipinski definition) is 2. The topological polar surface area (TPSA) is 80.4 Å². The van der Waals surface area contributed by atoms with Gasteiger partial charge in [0.25, 0.3) is 0 Å². The van der Waals surface area contributed by atoms with Crippen LogP contribution in [0.2, 0.25) is 0 Å². The summed E-state index contributed by atoms with van der Waals surface area (Å²) in [5, 5.41) is 9.17. The van der Waals surface area contributed by atoms with E-state index in [0.29, 0.717) is 12.0 Å². The highest BCUT2D eigenvalue weighted by molar-refractivity contribution is 5.96. The molecule has 1 aromatic carbocycles. The molecule has 2 atom stereocenters. The van der Waals surface area contributed by atoms with Crippen LogP contribution in [0.1, 0.15) is 12.0 Å². The molecule has 78 valence electrons. The number of primary amides is 1. The molecule has 0 unspecified atom stereocenters. The lowest BCUT2D eigenvalue weighted by Crippen LogP contribution is -2.28. The molecule has 15 heavy (non-hydrogen) atoms. The van der Waals surface area contributed by atoms with Crippen molar-refractivity contribution in [1.82, 2.24) is 0 Å². The summed E-state index contributed by atoms with van der Waals surface area (Å²) in [6, 6.07) is 8.77. The van der Waals surface area contributed by atoms with E-state index in [9.17, 15) is 9.59 Å². The Hall–Kier alpha value is -1.84. The third-order valence-corrected chi connectivity index (χ3v) is 2.97. The Morgan fingerprint density at radius 2 is 1.93 bits per heavy atom. The number of nitrogens with two attached hydrogens (primary N) is 1. The van der Waals surface area contributed by atoms with Crippen molar-refractivity contribution < 1.29 is 14.7 Å². The van der Waals surface area contributed by atoms with Gasteiger partial charge < -0.3 is 10.8 Å². The molecule has 0 saturated heterocycles. The Balaban J connectivity index is 2.40. The van der Waals surface area contributed by atoms with E-state index in [-0.39, 0.29) is 0 Å². The first-order valence-electron chi connectivity index (χ1n) is 4.67. The minimum atomic E-state index is -1.08. The lowest BCUT2D eigenvalue weighted by atomic mass is 9.93. The summed E-state index contributed by atoms with van der Waals surface area (Å²) in [5.41, 5.74) is 4.72. The third kappa shape index (κ3) is 1.29. The van der Waals surface area contributed by atoms with Crippen LogP contribution < -0.4 is 5.73 Å². The van der Waals surface area contributed by atoms with Gasteiger partial charge >= 0.3 is 5.97 Å². The number of hydrogen-bond acceptors (Lipinski definition) is 2. The van der Waals surface area contributed by atoms with Gasteiger partial charge in [-0.05, 0) is 12.0 Å². The molecule has 4 heteroatoms. The van der Waals surface area contributed by atoms with Gasteiger partial charge in [0, 0.05) is 0 Å². The van der Waals surface area contributed by atoms with Crippen LogP contribution in [-0.4, -0.2) is 17.0 Å². The summed E-state index contributed by atoms with van der Waals surface area (Å²) in [7, 11) is 0. The van der Waals surface area contributed by atoms with Crippen LogP contribution >= 0.6 is 0 Å². The Bertz CT molecular complexity index is 415. The second-order valence-electron chi connectivity index (χ2n) is 3.80. The number of benzene rings is 1. The fourth-order valence-corrected chi connectivity index (χ4v) is 2.02. The van der Waals surface area contributed by atoms with Gasteiger partial charge in [-0.15, -0.1) is 0 Å². The molecule has 4 nitrogen and oxygen atoms in total. The zero-order valence-electron chi connectivity index (χ0n) is 8.01. The van der Waals surface area contributed by atoms with Crippen molar-refractivity contribution in [2.45, 2.75) is 11.8 Å². The molecule has 0 aliphatic heterocycles. The number of carbonyl (C=O) groups is 2. The van der Waals surface area contributed by atoms with Gasteiger partial charge in [-0.25, -0.2) is 0 Å². The van der Waals surface area contributed by atoms with Crippen molar-refractivity contribution in [3.63, 3.8) is 0 Å². The monoisotopic (exact) mass is 205 g/mol. The van der Waals surface area contributed by atoms with Gasteiger partial charge in [0.2, 0.25) is 5.91 Å². The Kier molecular flexibility index (Phi) is 2.00. The largest absolute Gasteiger partial charge is 0.481 e. The molecule has 1 saturated carbocycles. The molecule has 1 aromatic rings. The van der Waals surface area contributed by atoms with Crippen LogP contribution in [0.15, 0.2) is 30.3 Å². The Morgan fingerprint density at radius 1 is 1.33 bits per heavy atom. The van der Waals surface area contributed by atoms with Crippen molar-refractivity contribution in [2.75, 3.05) is 0 Å². The Labute approximate surface area is 86.7 Å². The molecule has 0 spiro atoms. The lowest BCUT2D eigenvalue weighted by molar-refractivity contribution is -0.141. The predicted octanol–water partition coefficient (Wildman–Crippen LogP) is 0.514. The number of carboxylic acids is 1. The quantitative estimate of drug-likeness (QED) is 0.754. The maximum absolute atomic E-state index is 11.2. The van der Waals surface area contributed by atoms with Gasteiger partial charge in [-0.3, -0.25) is 9.59 Å². The lowest BCUT2D eigenvalue weighted by Gasteiger charge is -2.11. The average molecular weight is 205 g/mol. The van der Waals surface area contributed by atoms with Gasteiger partial charge in [0.15, 0.2) is 0 Å². The van der Waals surface area contributed by atoms with Crippen molar-refractivity contribution in [3.8, 4) is 0 Å². The summed E-state index contributed by atoms with van der Waals surface area (Å²) in [4.78, 5) is 22.2. The number of carbonyl (C=O) groups excluding carboxylic acids is 1. The standard InChI is InChI=1S/C11H11NO3/c12-9(13)8-6-11(8,10(14)15)7-4-2-1-3-5-7/h1-5,8H,6H2,(H2,12,13)(H,14,15)/t8-,11+/m1/s1. The first kappa shape index (κ1) is 9.71. The number of carboxylic acid groups (broad SMARTS) is 1. The SMILES string of the molecule is NC(=O)[C@H]1C[C@]1(C(=O)O)c1ccccc1. The third-order valence-electron chi connectivity index (χ3n) is 2.97. The van der Waals surface area contributed by atoms with E-state index in [1.165, 1.54) is 0 Å². The van der Waals surface area contributed by atoms with Crippen LogP contribution in [0.4, 0.5) is 0 Å². The fraction of sp³-hybridized carbons (Fsp3) is 0.273. The fourth-order valence-electron chi connectivity index (χ4n) is 2.02. The molecule has 2 rings (SSSR count). The summed E-state index contributed by atoms with van der Waals surface area (Å²) in [6.07, 6.45) is 0.307. The summed E-state index contributed by atoms with van der Waals surface area (Å²) < 4.78 is 0. The van der Waals surface area contributed by atoms with Gasteiger partial charge in [-0.2, -0.15) is 0 Å². The van der Waals surface area contributed by atoms with Gasteiger partial charge in [0.1, 0.15) is 5.41 Å². The Morgan fingerprint density at radius 3 is 2.33 bits per heavy atom.